The van der Waals surface area contributed by atoms with Crippen molar-refractivity contribution in [3.63, 3.8) is 0 Å². The number of carbonyl (C=O) groups excluding carboxylic acids is 3. The van der Waals surface area contributed by atoms with Gasteiger partial charge in [0.1, 0.15) is 12.1 Å². The van der Waals surface area contributed by atoms with Crippen molar-refractivity contribution >= 4 is 28.9 Å². The normalized spacial score (nSPS) is 18.7. The predicted octanol–water partition coefficient (Wildman–Crippen LogP) is 0.682. The molecular weight excluding hydrogens is 350 g/mol. The van der Waals surface area contributed by atoms with Crippen molar-refractivity contribution in [2.75, 3.05) is 0 Å². The molecule has 1 spiro atoms. The van der Waals surface area contributed by atoms with Crippen molar-refractivity contribution in [3.05, 3.63) is 40.8 Å². The van der Waals surface area contributed by atoms with Gasteiger partial charge in [0.05, 0.1) is 17.2 Å². The van der Waals surface area contributed by atoms with Crippen LogP contribution in [0.5, 0.6) is 0 Å². The van der Waals surface area contributed by atoms with Crippen LogP contribution in [0.4, 0.5) is 4.79 Å². The number of imide groups is 1. The molecule has 2 N–H and O–H groups in total. The van der Waals surface area contributed by atoms with E-state index in [1.165, 1.54) is 4.57 Å². The van der Waals surface area contributed by atoms with E-state index < -0.39 is 28.9 Å². The first kappa shape index (κ1) is 17.2. The zero-order chi connectivity index (χ0) is 19.0. The third-order valence-corrected chi connectivity index (χ3v) is 5.16. The second-order valence-electron chi connectivity index (χ2n) is 6.92. The number of carbonyl (C=O) groups is 3. The van der Waals surface area contributed by atoms with Crippen LogP contribution >= 0.6 is 0 Å². The first-order valence-electron chi connectivity index (χ1n) is 8.91. The molecule has 1 saturated heterocycles. The summed E-state index contributed by atoms with van der Waals surface area (Å²) in [6.45, 7) is -0.327. The van der Waals surface area contributed by atoms with E-state index in [4.69, 9.17) is 0 Å². The van der Waals surface area contributed by atoms with Gasteiger partial charge in [0.15, 0.2) is 0 Å². The van der Waals surface area contributed by atoms with Gasteiger partial charge in [-0.1, -0.05) is 31.4 Å². The average molecular weight is 369 g/mol. The number of nitrogens with one attached hydrogen (secondary N) is 2. The van der Waals surface area contributed by atoms with Crippen LogP contribution in [-0.2, 0) is 16.1 Å². The van der Waals surface area contributed by atoms with E-state index in [1.807, 2.05) is 0 Å². The second kappa shape index (κ2) is 6.49. The van der Waals surface area contributed by atoms with Gasteiger partial charge in [-0.05, 0) is 25.0 Å². The Morgan fingerprint density at radius 2 is 1.89 bits per heavy atom. The highest BCUT2D eigenvalue weighted by atomic mass is 16.2. The molecule has 9 nitrogen and oxygen atoms in total. The number of amides is 4. The third-order valence-electron chi connectivity index (χ3n) is 5.16. The van der Waals surface area contributed by atoms with Crippen LogP contribution in [0.2, 0.25) is 0 Å². The highest BCUT2D eigenvalue weighted by molar-refractivity contribution is 6.08. The summed E-state index contributed by atoms with van der Waals surface area (Å²) < 4.78 is 1.26. The Morgan fingerprint density at radius 1 is 1.15 bits per heavy atom. The maximum Gasteiger partial charge on any atom is 0.344 e. The topological polar surface area (TPSA) is 113 Å². The third kappa shape index (κ3) is 2.94. The van der Waals surface area contributed by atoms with E-state index in [0.717, 1.165) is 30.5 Å². The molecule has 0 unspecified atom stereocenters. The van der Waals surface area contributed by atoms with E-state index >= 15 is 0 Å². The molecule has 2 aromatic rings. The second-order valence-corrected chi connectivity index (χ2v) is 6.92. The lowest BCUT2D eigenvalue weighted by molar-refractivity contribution is -0.140. The molecule has 1 saturated carbocycles. The molecule has 0 radical (unpaired) electrons. The molecule has 1 aliphatic heterocycles. The summed E-state index contributed by atoms with van der Waals surface area (Å²) in [6.07, 6.45) is 5.00. The molecule has 1 aromatic heterocycles. The summed E-state index contributed by atoms with van der Waals surface area (Å²) in [5.74, 6) is -1.07. The molecular formula is C18H19N5O4. The van der Waals surface area contributed by atoms with Crippen molar-refractivity contribution in [2.24, 2.45) is 0 Å². The maximum atomic E-state index is 12.7. The Labute approximate surface area is 154 Å². The number of aromatic nitrogens is 2. The number of hydrogen-bond acceptors (Lipinski definition) is 5. The Kier molecular flexibility index (Phi) is 4.14. The fourth-order valence-corrected chi connectivity index (χ4v) is 3.80. The Hall–Kier alpha value is -3.23. The Balaban J connectivity index is 1.54. The average Bonchev–Trinajstić information content (AvgIpc) is 2.89. The van der Waals surface area contributed by atoms with E-state index in [9.17, 15) is 19.2 Å². The summed E-state index contributed by atoms with van der Waals surface area (Å²) in [5.41, 5.74) is 2.06. The number of hydrazine groups is 1. The standard InChI is InChI=1S/C18H19N5O4/c24-14(11-22-13-7-3-2-6-12(13)19-10-15(22)25)21-23-16(26)18(20-17(23)27)8-4-1-5-9-18/h2-3,6-7,10H,1,4-5,8-9,11H2,(H,20,27)(H,21,24). The monoisotopic (exact) mass is 369 g/mol. The summed E-state index contributed by atoms with van der Waals surface area (Å²) in [4.78, 5) is 53.6. The fraction of sp³-hybridized carbons (Fsp3) is 0.389. The van der Waals surface area contributed by atoms with Gasteiger partial charge in [0.2, 0.25) is 0 Å². The quantitative estimate of drug-likeness (QED) is 0.773. The molecule has 27 heavy (non-hydrogen) atoms. The van der Waals surface area contributed by atoms with Crippen LogP contribution in [0.15, 0.2) is 35.3 Å². The van der Waals surface area contributed by atoms with E-state index in [0.29, 0.717) is 23.9 Å². The van der Waals surface area contributed by atoms with Crippen LogP contribution in [0.3, 0.4) is 0 Å². The largest absolute Gasteiger partial charge is 0.344 e. The molecule has 4 amide bonds. The van der Waals surface area contributed by atoms with Gasteiger partial charge in [-0.25, -0.2) is 9.78 Å². The molecule has 140 valence electrons. The molecule has 1 aliphatic carbocycles. The minimum atomic E-state index is -0.914. The van der Waals surface area contributed by atoms with Gasteiger partial charge in [-0.3, -0.25) is 24.4 Å². The van der Waals surface area contributed by atoms with Crippen LogP contribution in [-0.4, -0.2) is 37.9 Å². The minimum absolute atomic E-state index is 0.327. The van der Waals surface area contributed by atoms with Gasteiger partial charge in [-0.15, -0.1) is 0 Å². The van der Waals surface area contributed by atoms with Crippen LogP contribution in [0.1, 0.15) is 32.1 Å². The highest BCUT2D eigenvalue weighted by Crippen LogP contribution is 2.32. The van der Waals surface area contributed by atoms with Gasteiger partial charge in [0, 0.05) is 0 Å². The summed E-state index contributed by atoms with van der Waals surface area (Å²) in [7, 11) is 0. The smallest absolute Gasteiger partial charge is 0.322 e. The molecule has 9 heteroatoms. The maximum absolute atomic E-state index is 12.7. The minimum Gasteiger partial charge on any atom is -0.322 e. The first-order valence-corrected chi connectivity index (χ1v) is 8.91. The lowest BCUT2D eigenvalue weighted by atomic mass is 9.82. The number of rotatable bonds is 3. The van der Waals surface area contributed by atoms with Gasteiger partial charge in [0.25, 0.3) is 17.4 Å². The molecule has 1 aromatic carbocycles. The van der Waals surface area contributed by atoms with Gasteiger partial charge < -0.3 is 5.32 Å². The number of benzene rings is 1. The zero-order valence-electron chi connectivity index (χ0n) is 14.6. The van der Waals surface area contributed by atoms with Gasteiger partial charge >= 0.3 is 6.03 Å². The molecule has 2 heterocycles. The SMILES string of the molecule is O=C(Cn1c(=O)cnc2ccccc21)NN1C(=O)NC2(CCCCC2)C1=O. The highest BCUT2D eigenvalue weighted by Gasteiger charge is 2.52. The molecule has 0 atom stereocenters. The van der Waals surface area contributed by atoms with E-state index in [2.05, 4.69) is 15.7 Å². The number of para-hydroxylation sites is 2. The van der Waals surface area contributed by atoms with Crippen LogP contribution in [0.25, 0.3) is 11.0 Å². The van der Waals surface area contributed by atoms with Crippen molar-refractivity contribution in [1.29, 1.82) is 0 Å². The lowest BCUT2D eigenvalue weighted by Gasteiger charge is -2.30. The Morgan fingerprint density at radius 3 is 2.67 bits per heavy atom. The van der Waals surface area contributed by atoms with Crippen molar-refractivity contribution in [1.82, 2.24) is 25.3 Å². The van der Waals surface area contributed by atoms with Crippen LogP contribution in [0, 0.1) is 0 Å². The molecule has 2 fully saturated rings. The van der Waals surface area contributed by atoms with Crippen molar-refractivity contribution < 1.29 is 14.4 Å². The van der Waals surface area contributed by atoms with Crippen molar-refractivity contribution in [3.8, 4) is 0 Å². The summed E-state index contributed by atoms with van der Waals surface area (Å²) >= 11 is 0. The molecule has 4 rings (SSSR count). The van der Waals surface area contributed by atoms with Gasteiger partial charge in [-0.2, -0.15) is 5.01 Å². The Bertz CT molecular complexity index is 993. The number of fused-ring (bicyclic) bond motifs is 1. The number of nitrogens with zero attached hydrogens (tertiary/aromatic N) is 3. The van der Waals surface area contributed by atoms with Crippen molar-refractivity contribution in [2.45, 2.75) is 44.2 Å². The zero-order valence-corrected chi connectivity index (χ0v) is 14.6. The molecule has 2 aliphatic rings. The predicted molar refractivity (Wildman–Crippen MR) is 95.3 cm³/mol. The van der Waals surface area contributed by atoms with Crippen LogP contribution < -0.4 is 16.3 Å². The number of urea groups is 1. The fourth-order valence-electron chi connectivity index (χ4n) is 3.80. The number of hydrogen-bond donors (Lipinski definition) is 2. The first-order chi connectivity index (χ1) is 13.0. The lowest BCUT2D eigenvalue weighted by Crippen LogP contribution is -2.51. The molecule has 0 bridgehead atoms. The van der Waals surface area contributed by atoms with E-state index in [-0.39, 0.29) is 6.54 Å². The van der Waals surface area contributed by atoms with E-state index in [1.54, 1.807) is 24.3 Å². The summed E-state index contributed by atoms with van der Waals surface area (Å²) in [5, 5.41) is 3.46. The summed E-state index contributed by atoms with van der Waals surface area (Å²) in [6, 6.07) is 6.29.